The first-order valence-corrected chi connectivity index (χ1v) is 7.14. The van der Waals surface area contributed by atoms with Gasteiger partial charge in [0.2, 0.25) is 0 Å². The van der Waals surface area contributed by atoms with Gasteiger partial charge in [-0.25, -0.2) is 4.79 Å². The van der Waals surface area contributed by atoms with Gasteiger partial charge in [-0.15, -0.1) is 0 Å². The average molecular weight is 352 g/mol. The van der Waals surface area contributed by atoms with Crippen molar-refractivity contribution in [2.45, 2.75) is 51.0 Å². The molecule has 0 saturated heterocycles. The molecule has 0 spiro atoms. The molecule has 0 heterocycles. The summed E-state index contributed by atoms with van der Waals surface area (Å²) in [6, 6.07) is 0.581. The number of hydrogen-bond donors (Lipinski definition) is 0. The summed E-state index contributed by atoms with van der Waals surface area (Å²) in [5.74, 6) is -1.33. The third-order valence-corrected chi connectivity index (χ3v) is 3.39. The van der Waals surface area contributed by atoms with Gasteiger partial charge in [0.15, 0.2) is 0 Å². The quantitative estimate of drug-likeness (QED) is 0.426. The standard InChI is InChI=1S/C15H15BF6O2/c1-3-5-13(16,4-2)24-12(23)9-6-10(14(17,18)19)8-11(7-9)15(20,21)22/h6-8H,3-5H2,1-2H3. The average Bonchev–Trinajstić information content (AvgIpc) is 2.45. The van der Waals surface area contributed by atoms with Gasteiger partial charge in [-0.2, -0.15) is 26.3 Å². The van der Waals surface area contributed by atoms with E-state index in [1.807, 2.05) is 0 Å². The number of alkyl halides is 6. The fourth-order valence-electron chi connectivity index (χ4n) is 2.04. The third kappa shape index (κ3) is 5.17. The highest BCUT2D eigenvalue weighted by atomic mass is 19.4. The normalized spacial score (nSPS) is 15.0. The minimum absolute atomic E-state index is 0.0572. The summed E-state index contributed by atoms with van der Waals surface area (Å²) in [6.07, 6.45) is -9.17. The van der Waals surface area contributed by atoms with Crippen molar-refractivity contribution in [3.8, 4) is 0 Å². The smallest absolute Gasteiger partial charge is 0.416 e. The van der Waals surface area contributed by atoms with E-state index in [2.05, 4.69) is 0 Å². The Hall–Kier alpha value is -1.67. The van der Waals surface area contributed by atoms with Crippen LogP contribution in [0.5, 0.6) is 0 Å². The van der Waals surface area contributed by atoms with Crippen LogP contribution in [0.15, 0.2) is 18.2 Å². The summed E-state index contributed by atoms with van der Waals surface area (Å²) >= 11 is 0. The lowest BCUT2D eigenvalue weighted by Gasteiger charge is -2.29. The van der Waals surface area contributed by atoms with Gasteiger partial charge in [-0.05, 0) is 31.0 Å². The van der Waals surface area contributed by atoms with Crippen molar-refractivity contribution in [1.29, 1.82) is 0 Å². The van der Waals surface area contributed by atoms with E-state index in [0.29, 0.717) is 18.6 Å². The van der Waals surface area contributed by atoms with Gasteiger partial charge in [-0.1, -0.05) is 20.3 Å². The summed E-state index contributed by atoms with van der Waals surface area (Å²) in [5.41, 5.74) is -5.47. The first kappa shape index (κ1) is 20.4. The Kier molecular flexibility index (Phi) is 6.00. The summed E-state index contributed by atoms with van der Waals surface area (Å²) < 4.78 is 81.6. The number of hydrogen-bond acceptors (Lipinski definition) is 2. The predicted octanol–water partition coefficient (Wildman–Crippen LogP) is 4.96. The second-order valence-corrected chi connectivity index (χ2v) is 5.35. The molecule has 1 aromatic rings. The first-order chi connectivity index (χ1) is 10.8. The van der Waals surface area contributed by atoms with Gasteiger partial charge < -0.3 is 4.74 Å². The molecule has 0 amide bonds. The van der Waals surface area contributed by atoms with Gasteiger partial charge >= 0.3 is 18.3 Å². The molecule has 132 valence electrons. The zero-order valence-electron chi connectivity index (χ0n) is 13.0. The van der Waals surface area contributed by atoms with E-state index >= 15 is 0 Å². The van der Waals surface area contributed by atoms with E-state index in [1.165, 1.54) is 0 Å². The Morgan fingerprint density at radius 1 is 1.00 bits per heavy atom. The number of benzene rings is 1. The van der Waals surface area contributed by atoms with Crippen molar-refractivity contribution < 1.29 is 35.9 Å². The van der Waals surface area contributed by atoms with Gasteiger partial charge in [0.1, 0.15) is 7.85 Å². The topological polar surface area (TPSA) is 26.3 Å². The van der Waals surface area contributed by atoms with Crippen molar-refractivity contribution in [2.24, 2.45) is 0 Å². The Morgan fingerprint density at radius 3 is 1.79 bits per heavy atom. The summed E-state index contributed by atoms with van der Waals surface area (Å²) in [5, 5.41) is 0. The zero-order valence-corrected chi connectivity index (χ0v) is 13.0. The molecule has 0 aliphatic rings. The lowest BCUT2D eigenvalue weighted by Crippen LogP contribution is -2.35. The summed E-state index contributed by atoms with van der Waals surface area (Å²) in [6.45, 7) is 3.34. The van der Waals surface area contributed by atoms with Crippen molar-refractivity contribution in [3.63, 3.8) is 0 Å². The highest BCUT2D eigenvalue weighted by molar-refractivity contribution is 6.15. The van der Waals surface area contributed by atoms with Crippen LogP contribution in [0.4, 0.5) is 26.3 Å². The number of carbonyl (C=O) groups excluding carboxylic acids is 1. The second kappa shape index (κ2) is 7.07. The minimum atomic E-state index is -5.04. The van der Waals surface area contributed by atoms with Crippen molar-refractivity contribution in [3.05, 3.63) is 34.9 Å². The predicted molar refractivity (Wildman–Crippen MR) is 75.5 cm³/mol. The highest BCUT2D eigenvalue weighted by Gasteiger charge is 2.38. The molecule has 0 aromatic heterocycles. The van der Waals surface area contributed by atoms with Crippen LogP contribution in [0.3, 0.4) is 0 Å². The van der Waals surface area contributed by atoms with Gasteiger partial charge in [0.25, 0.3) is 0 Å². The van der Waals surface area contributed by atoms with E-state index in [0.717, 1.165) is 0 Å². The van der Waals surface area contributed by atoms with Crippen LogP contribution >= 0.6 is 0 Å². The fraction of sp³-hybridized carbons (Fsp3) is 0.533. The molecular formula is C15H15BF6O2. The SMILES string of the molecule is [B]C(CC)(CCC)OC(=O)c1cc(C(F)(F)F)cc(C(F)(F)F)c1. The van der Waals surface area contributed by atoms with Crippen molar-refractivity contribution in [2.75, 3.05) is 0 Å². The molecule has 2 nitrogen and oxygen atoms in total. The molecule has 9 heteroatoms. The molecule has 0 bridgehead atoms. The lowest BCUT2D eigenvalue weighted by atomic mass is 9.75. The molecule has 0 aliphatic heterocycles. The number of halogens is 6. The van der Waals surface area contributed by atoms with Gasteiger partial charge in [0.05, 0.1) is 22.2 Å². The van der Waals surface area contributed by atoms with Crippen LogP contribution in [0.1, 0.15) is 54.6 Å². The molecule has 1 atom stereocenters. The maximum Gasteiger partial charge on any atom is 0.416 e. The molecule has 1 rings (SSSR count). The molecule has 1 aromatic carbocycles. The molecule has 0 N–H and O–H groups in total. The Morgan fingerprint density at radius 2 is 1.46 bits per heavy atom. The molecule has 0 fully saturated rings. The van der Waals surface area contributed by atoms with Crippen LogP contribution in [0.2, 0.25) is 0 Å². The Labute approximate surface area is 136 Å². The number of rotatable bonds is 5. The maximum atomic E-state index is 12.8. The van der Waals surface area contributed by atoms with Crippen LogP contribution in [-0.4, -0.2) is 19.3 Å². The number of esters is 1. The molecule has 2 radical (unpaired) electrons. The lowest BCUT2D eigenvalue weighted by molar-refractivity contribution is -0.143. The van der Waals surface area contributed by atoms with Crippen LogP contribution in [-0.2, 0) is 17.1 Å². The van der Waals surface area contributed by atoms with Crippen molar-refractivity contribution >= 4 is 13.8 Å². The molecule has 0 saturated carbocycles. The molecule has 0 aliphatic carbocycles. The molecule has 24 heavy (non-hydrogen) atoms. The van der Waals surface area contributed by atoms with Crippen LogP contribution in [0, 0.1) is 0 Å². The zero-order chi connectivity index (χ0) is 18.8. The fourth-order valence-corrected chi connectivity index (χ4v) is 2.04. The van der Waals surface area contributed by atoms with E-state index < -0.39 is 40.5 Å². The number of ether oxygens (including phenoxy) is 1. The van der Waals surface area contributed by atoms with E-state index in [1.54, 1.807) is 13.8 Å². The number of carbonyl (C=O) groups is 1. The largest absolute Gasteiger partial charge is 0.466 e. The van der Waals surface area contributed by atoms with Gasteiger partial charge in [-0.3, -0.25) is 0 Å². The van der Waals surface area contributed by atoms with E-state index in [4.69, 9.17) is 12.6 Å². The first-order valence-electron chi connectivity index (χ1n) is 7.14. The van der Waals surface area contributed by atoms with E-state index in [-0.39, 0.29) is 18.9 Å². The maximum absolute atomic E-state index is 12.8. The van der Waals surface area contributed by atoms with Crippen molar-refractivity contribution in [1.82, 2.24) is 0 Å². The minimum Gasteiger partial charge on any atom is -0.466 e. The Balaban J connectivity index is 3.29. The highest BCUT2D eigenvalue weighted by Crippen LogP contribution is 2.36. The van der Waals surface area contributed by atoms with Crippen LogP contribution in [0.25, 0.3) is 0 Å². The summed E-state index contributed by atoms with van der Waals surface area (Å²) in [7, 11) is 5.81. The molecular weight excluding hydrogens is 337 g/mol. The van der Waals surface area contributed by atoms with Gasteiger partial charge in [0, 0.05) is 0 Å². The van der Waals surface area contributed by atoms with E-state index in [9.17, 15) is 31.1 Å². The second-order valence-electron chi connectivity index (χ2n) is 5.35. The third-order valence-electron chi connectivity index (χ3n) is 3.39. The summed E-state index contributed by atoms with van der Waals surface area (Å²) in [4.78, 5) is 12.0. The van der Waals surface area contributed by atoms with Crippen LogP contribution < -0.4 is 0 Å². The monoisotopic (exact) mass is 352 g/mol. The molecule has 1 unspecified atom stereocenters. The Bertz CT molecular complexity index is 564.